The molecule has 0 bridgehead atoms. The Morgan fingerprint density at radius 3 is 2.25 bits per heavy atom. The summed E-state index contributed by atoms with van der Waals surface area (Å²) in [7, 11) is 0. The Balaban J connectivity index is 0.00000225. The van der Waals surface area contributed by atoms with Gasteiger partial charge in [-0.05, 0) is 23.8 Å². The first-order valence-electron chi connectivity index (χ1n) is 4.18. The van der Waals surface area contributed by atoms with Crippen molar-refractivity contribution in [2.45, 2.75) is 12.2 Å². The third kappa shape index (κ3) is 3.93. The average Bonchev–Trinajstić information content (AvgIpc) is 2.14. The highest BCUT2D eigenvalue weighted by molar-refractivity contribution is 9.10. The number of nitrogens with two attached hydrogens (primary N) is 2. The van der Waals surface area contributed by atoms with E-state index in [0.717, 1.165) is 12.1 Å². The van der Waals surface area contributed by atoms with E-state index in [1.54, 1.807) is 0 Å². The van der Waals surface area contributed by atoms with Crippen LogP contribution >= 0.6 is 28.3 Å². The molecule has 0 aromatic heterocycles. The van der Waals surface area contributed by atoms with Gasteiger partial charge in [-0.1, -0.05) is 15.9 Å². The fourth-order valence-corrected chi connectivity index (χ4v) is 1.64. The Morgan fingerprint density at radius 1 is 1.25 bits per heavy atom. The maximum absolute atomic E-state index is 12.4. The first kappa shape index (κ1) is 15.7. The topological polar surface area (TPSA) is 52.0 Å². The van der Waals surface area contributed by atoms with Crippen molar-refractivity contribution in [3.05, 3.63) is 33.8 Å². The van der Waals surface area contributed by atoms with Crippen molar-refractivity contribution < 1.29 is 13.2 Å². The summed E-state index contributed by atoms with van der Waals surface area (Å²) in [5, 5.41) is 0. The summed E-state index contributed by atoms with van der Waals surface area (Å²) in [5.74, 6) is 0. The zero-order chi connectivity index (χ0) is 11.6. The summed E-state index contributed by atoms with van der Waals surface area (Å²) in [6, 6.07) is 2.98. The van der Waals surface area contributed by atoms with Gasteiger partial charge in [0.2, 0.25) is 0 Å². The highest BCUT2D eigenvalue weighted by atomic mass is 79.9. The molecule has 1 aromatic rings. The average molecular weight is 320 g/mol. The molecular weight excluding hydrogens is 308 g/mol. The van der Waals surface area contributed by atoms with E-state index in [9.17, 15) is 13.2 Å². The SMILES string of the molecule is Cl.NC[C@@H](N)c1cc(Br)cc(C(F)(F)F)c1. The third-order valence-corrected chi connectivity index (χ3v) is 2.39. The van der Waals surface area contributed by atoms with Gasteiger partial charge in [0.15, 0.2) is 0 Å². The second-order valence-corrected chi connectivity index (χ2v) is 4.03. The van der Waals surface area contributed by atoms with E-state index in [4.69, 9.17) is 11.5 Å². The quantitative estimate of drug-likeness (QED) is 0.880. The molecule has 4 N–H and O–H groups in total. The summed E-state index contributed by atoms with van der Waals surface area (Å²) in [6.45, 7) is 0.105. The minimum atomic E-state index is -4.37. The second kappa shape index (κ2) is 5.86. The van der Waals surface area contributed by atoms with Crippen LogP contribution < -0.4 is 11.5 Å². The Bertz CT molecular complexity index is 357. The summed E-state index contributed by atoms with van der Waals surface area (Å²) in [5.41, 5.74) is 10.5. The molecule has 0 aliphatic carbocycles. The number of benzene rings is 1. The van der Waals surface area contributed by atoms with Crippen LogP contribution in [0.4, 0.5) is 13.2 Å². The predicted molar refractivity (Wildman–Crippen MR) is 62.4 cm³/mol. The van der Waals surface area contributed by atoms with Crippen LogP contribution in [-0.2, 0) is 6.18 Å². The molecular formula is C9H11BrClF3N2. The molecule has 0 spiro atoms. The van der Waals surface area contributed by atoms with Crippen LogP contribution in [0.2, 0.25) is 0 Å². The molecule has 2 nitrogen and oxygen atoms in total. The lowest BCUT2D eigenvalue weighted by Gasteiger charge is -2.13. The Morgan fingerprint density at radius 2 is 1.81 bits per heavy atom. The minimum absolute atomic E-state index is 0. The zero-order valence-electron chi connectivity index (χ0n) is 8.09. The highest BCUT2D eigenvalue weighted by Gasteiger charge is 2.31. The molecule has 0 saturated heterocycles. The second-order valence-electron chi connectivity index (χ2n) is 3.11. The van der Waals surface area contributed by atoms with E-state index in [0.29, 0.717) is 10.0 Å². The van der Waals surface area contributed by atoms with E-state index >= 15 is 0 Å². The van der Waals surface area contributed by atoms with Crippen molar-refractivity contribution in [1.82, 2.24) is 0 Å². The smallest absolute Gasteiger partial charge is 0.329 e. The summed E-state index contributed by atoms with van der Waals surface area (Å²) >= 11 is 3.01. The number of alkyl halides is 3. The van der Waals surface area contributed by atoms with Crippen LogP contribution in [0.3, 0.4) is 0 Å². The van der Waals surface area contributed by atoms with E-state index in [2.05, 4.69) is 15.9 Å². The van der Waals surface area contributed by atoms with Crippen molar-refractivity contribution in [2.75, 3.05) is 6.54 Å². The number of hydrogen-bond donors (Lipinski definition) is 2. The molecule has 1 rings (SSSR count). The van der Waals surface area contributed by atoms with Gasteiger partial charge in [0, 0.05) is 17.1 Å². The van der Waals surface area contributed by atoms with Crippen molar-refractivity contribution in [3.8, 4) is 0 Å². The molecule has 92 valence electrons. The summed E-state index contributed by atoms with van der Waals surface area (Å²) in [4.78, 5) is 0. The Hall–Kier alpha value is -0.300. The van der Waals surface area contributed by atoms with E-state index < -0.39 is 17.8 Å². The van der Waals surface area contributed by atoms with Crippen molar-refractivity contribution in [1.29, 1.82) is 0 Å². The van der Waals surface area contributed by atoms with Crippen LogP contribution in [0.1, 0.15) is 17.2 Å². The number of rotatable bonds is 2. The fraction of sp³-hybridized carbons (Fsp3) is 0.333. The van der Waals surface area contributed by atoms with Gasteiger partial charge in [-0.2, -0.15) is 13.2 Å². The van der Waals surface area contributed by atoms with Gasteiger partial charge in [-0.25, -0.2) is 0 Å². The van der Waals surface area contributed by atoms with Gasteiger partial charge in [0.25, 0.3) is 0 Å². The number of hydrogen-bond acceptors (Lipinski definition) is 2. The minimum Gasteiger partial charge on any atom is -0.329 e. The molecule has 1 aromatic carbocycles. The molecule has 0 heterocycles. The molecule has 0 aliphatic rings. The zero-order valence-corrected chi connectivity index (χ0v) is 10.5. The van der Waals surface area contributed by atoms with Crippen molar-refractivity contribution in [3.63, 3.8) is 0 Å². The molecule has 0 radical (unpaired) electrons. The molecule has 0 fully saturated rings. The third-order valence-electron chi connectivity index (χ3n) is 1.93. The van der Waals surface area contributed by atoms with Gasteiger partial charge >= 0.3 is 6.18 Å². The maximum atomic E-state index is 12.4. The van der Waals surface area contributed by atoms with Crippen LogP contribution in [0.5, 0.6) is 0 Å². The summed E-state index contributed by atoms with van der Waals surface area (Å²) < 4.78 is 37.6. The fourth-order valence-electron chi connectivity index (χ4n) is 1.13. The monoisotopic (exact) mass is 318 g/mol. The van der Waals surface area contributed by atoms with Gasteiger partial charge in [0.1, 0.15) is 0 Å². The van der Waals surface area contributed by atoms with Gasteiger partial charge < -0.3 is 11.5 Å². The number of halogens is 5. The lowest BCUT2D eigenvalue weighted by Crippen LogP contribution is -2.21. The molecule has 0 aliphatic heterocycles. The van der Waals surface area contributed by atoms with E-state index in [-0.39, 0.29) is 19.0 Å². The van der Waals surface area contributed by atoms with Crippen LogP contribution in [-0.4, -0.2) is 6.54 Å². The molecule has 16 heavy (non-hydrogen) atoms. The molecule has 0 unspecified atom stereocenters. The Kier molecular flexibility index (Phi) is 5.75. The first-order valence-corrected chi connectivity index (χ1v) is 4.97. The predicted octanol–water partition coefficient (Wildman–Crippen LogP) is 2.85. The maximum Gasteiger partial charge on any atom is 0.416 e. The standard InChI is InChI=1S/C9H10BrF3N2.ClH/c10-7-2-5(8(15)4-14)1-6(3-7)9(11,12)13;/h1-3,8H,4,14-15H2;1H/t8-;/m1./s1. The summed E-state index contributed by atoms with van der Waals surface area (Å²) in [6.07, 6.45) is -4.37. The van der Waals surface area contributed by atoms with E-state index in [1.165, 1.54) is 6.07 Å². The largest absolute Gasteiger partial charge is 0.416 e. The lowest BCUT2D eigenvalue weighted by molar-refractivity contribution is -0.137. The van der Waals surface area contributed by atoms with Crippen molar-refractivity contribution in [2.24, 2.45) is 11.5 Å². The normalized spacial score (nSPS) is 13.1. The van der Waals surface area contributed by atoms with Crippen LogP contribution in [0.25, 0.3) is 0 Å². The highest BCUT2D eigenvalue weighted by Crippen LogP contribution is 2.32. The lowest BCUT2D eigenvalue weighted by atomic mass is 10.0. The molecule has 7 heteroatoms. The van der Waals surface area contributed by atoms with E-state index in [1.807, 2.05) is 0 Å². The molecule has 0 saturated carbocycles. The first-order chi connectivity index (χ1) is 6.84. The Labute approximate surface area is 106 Å². The van der Waals surface area contributed by atoms with Gasteiger partial charge in [-0.15, -0.1) is 12.4 Å². The van der Waals surface area contributed by atoms with Crippen molar-refractivity contribution >= 4 is 28.3 Å². The molecule has 1 atom stereocenters. The van der Waals surface area contributed by atoms with Crippen LogP contribution in [0, 0.1) is 0 Å². The molecule has 0 amide bonds. The van der Waals surface area contributed by atoms with Gasteiger partial charge in [0.05, 0.1) is 5.56 Å². The van der Waals surface area contributed by atoms with Gasteiger partial charge in [-0.3, -0.25) is 0 Å². The van der Waals surface area contributed by atoms with Crippen LogP contribution in [0.15, 0.2) is 22.7 Å².